The molecule has 2 fully saturated rings. The predicted octanol–water partition coefficient (Wildman–Crippen LogP) is 5.62. The number of sulfonamides is 1. The minimum absolute atomic E-state index is 0.0861. The van der Waals surface area contributed by atoms with Crippen molar-refractivity contribution in [3.05, 3.63) is 71.9 Å². The van der Waals surface area contributed by atoms with Crippen molar-refractivity contribution in [1.29, 1.82) is 0 Å². The fourth-order valence-electron chi connectivity index (χ4n) is 5.77. The molecule has 3 aromatic rings. The summed E-state index contributed by atoms with van der Waals surface area (Å²) in [6.45, 7) is 4.24. The highest BCUT2D eigenvalue weighted by Crippen LogP contribution is 2.40. The third kappa shape index (κ3) is 6.37. The molecule has 1 saturated heterocycles. The molecule has 2 aliphatic rings. The van der Waals surface area contributed by atoms with Gasteiger partial charge < -0.3 is 14.5 Å². The fourth-order valence-corrected chi connectivity index (χ4v) is 7.01. The number of ether oxygens (including phenoxy) is 1. The number of aromatic nitrogens is 1. The summed E-state index contributed by atoms with van der Waals surface area (Å²) in [5.41, 5.74) is 3.33. The molecule has 216 valence electrons. The van der Waals surface area contributed by atoms with Gasteiger partial charge in [-0.1, -0.05) is 31.4 Å². The minimum atomic E-state index is -3.90. The summed E-state index contributed by atoms with van der Waals surface area (Å²) in [6.07, 6.45) is 8.95. The van der Waals surface area contributed by atoms with Gasteiger partial charge in [0.25, 0.3) is 15.9 Å². The van der Waals surface area contributed by atoms with Gasteiger partial charge in [0, 0.05) is 49.8 Å². The fraction of sp³-hybridized carbons (Fsp3) is 0.387. The van der Waals surface area contributed by atoms with Crippen LogP contribution in [0.3, 0.4) is 0 Å². The number of amides is 1. The number of benzene rings is 2. The first-order chi connectivity index (χ1) is 19.9. The Morgan fingerprint density at radius 3 is 2.41 bits per heavy atom. The van der Waals surface area contributed by atoms with Crippen molar-refractivity contribution in [3.63, 3.8) is 0 Å². The average Bonchev–Trinajstić information content (AvgIpc) is 3.01. The summed E-state index contributed by atoms with van der Waals surface area (Å²) < 4.78 is 35.1. The van der Waals surface area contributed by atoms with Crippen LogP contribution in [0.25, 0.3) is 0 Å². The van der Waals surface area contributed by atoms with Crippen molar-refractivity contribution < 1.29 is 17.9 Å². The van der Waals surface area contributed by atoms with Crippen molar-refractivity contribution >= 4 is 39.2 Å². The quantitative estimate of drug-likeness (QED) is 0.350. The highest BCUT2D eigenvalue weighted by Gasteiger charge is 2.27. The van der Waals surface area contributed by atoms with Gasteiger partial charge >= 0.3 is 0 Å². The zero-order chi connectivity index (χ0) is 28.8. The molecule has 0 unspecified atom stereocenters. The van der Waals surface area contributed by atoms with E-state index >= 15 is 0 Å². The van der Waals surface area contributed by atoms with E-state index in [1.807, 2.05) is 23.1 Å². The molecule has 1 aliphatic carbocycles. The maximum Gasteiger partial charge on any atom is 0.264 e. The Bertz CT molecular complexity index is 1490. The lowest BCUT2D eigenvalue weighted by atomic mass is 9.83. The number of nitrogens with zero attached hydrogens (tertiary/aromatic N) is 4. The molecular formula is C31H37N5O4S. The SMILES string of the molecule is CC=Nc1c(C2CCCCC2)cccc1S(=O)(=O)Nc1ccc(C(=O)N2CCN(c3cccnc3OC)CC2)cc1. The van der Waals surface area contributed by atoms with Gasteiger partial charge in [0.05, 0.1) is 18.5 Å². The zero-order valence-electron chi connectivity index (χ0n) is 23.6. The zero-order valence-corrected chi connectivity index (χ0v) is 24.4. The smallest absolute Gasteiger partial charge is 0.264 e. The number of aliphatic imine (C=N–C) groups is 1. The molecule has 1 N–H and O–H groups in total. The largest absolute Gasteiger partial charge is 0.480 e. The number of nitrogens with one attached hydrogen (secondary N) is 1. The molecule has 0 radical (unpaired) electrons. The molecule has 1 aromatic heterocycles. The number of para-hydroxylation sites is 1. The summed E-state index contributed by atoms with van der Waals surface area (Å²) in [7, 11) is -2.30. The Morgan fingerprint density at radius 1 is 1.00 bits per heavy atom. The van der Waals surface area contributed by atoms with Crippen LogP contribution in [-0.2, 0) is 10.0 Å². The number of rotatable bonds is 8. The van der Waals surface area contributed by atoms with Crippen LogP contribution in [0.4, 0.5) is 17.1 Å². The average molecular weight is 576 g/mol. The Morgan fingerprint density at radius 2 is 1.73 bits per heavy atom. The highest BCUT2D eigenvalue weighted by molar-refractivity contribution is 7.92. The van der Waals surface area contributed by atoms with Gasteiger partial charge in [-0.05, 0) is 73.7 Å². The second-order valence-corrected chi connectivity index (χ2v) is 12.1. The van der Waals surface area contributed by atoms with E-state index in [1.54, 1.807) is 62.8 Å². The number of pyridine rings is 1. The monoisotopic (exact) mass is 575 g/mol. The van der Waals surface area contributed by atoms with Gasteiger partial charge in [0.2, 0.25) is 5.88 Å². The van der Waals surface area contributed by atoms with Crippen LogP contribution in [0.1, 0.15) is 60.9 Å². The van der Waals surface area contributed by atoms with E-state index in [-0.39, 0.29) is 10.8 Å². The summed E-state index contributed by atoms with van der Waals surface area (Å²) in [5.74, 6) is 0.799. The van der Waals surface area contributed by atoms with Gasteiger partial charge in [-0.25, -0.2) is 13.4 Å². The summed E-state index contributed by atoms with van der Waals surface area (Å²) >= 11 is 0. The maximum absolute atomic E-state index is 13.5. The van der Waals surface area contributed by atoms with Crippen molar-refractivity contribution in [2.45, 2.75) is 49.8 Å². The Kier molecular flexibility index (Phi) is 8.87. The lowest BCUT2D eigenvalue weighted by Crippen LogP contribution is -2.48. The van der Waals surface area contributed by atoms with E-state index in [9.17, 15) is 13.2 Å². The number of piperazine rings is 1. The number of anilines is 2. The summed E-state index contributed by atoms with van der Waals surface area (Å²) in [4.78, 5) is 26.1. The van der Waals surface area contributed by atoms with E-state index in [0.717, 1.165) is 36.9 Å². The predicted molar refractivity (Wildman–Crippen MR) is 162 cm³/mol. The van der Waals surface area contributed by atoms with Gasteiger partial charge in [-0.15, -0.1) is 0 Å². The molecule has 9 nitrogen and oxygen atoms in total. The Balaban J connectivity index is 1.27. The molecule has 41 heavy (non-hydrogen) atoms. The lowest BCUT2D eigenvalue weighted by molar-refractivity contribution is 0.0746. The molecule has 0 bridgehead atoms. The topological polar surface area (TPSA) is 104 Å². The van der Waals surface area contributed by atoms with Gasteiger partial charge in [-0.2, -0.15) is 0 Å². The second kappa shape index (κ2) is 12.7. The lowest BCUT2D eigenvalue weighted by Gasteiger charge is -2.36. The molecule has 5 rings (SSSR count). The van der Waals surface area contributed by atoms with Gasteiger partial charge in [0.1, 0.15) is 4.90 Å². The van der Waals surface area contributed by atoms with Crippen molar-refractivity contribution in [1.82, 2.24) is 9.88 Å². The molecular weight excluding hydrogens is 538 g/mol. The second-order valence-electron chi connectivity index (χ2n) is 10.4. The number of methoxy groups -OCH3 is 1. The molecule has 1 aliphatic heterocycles. The number of carbonyl (C=O) groups is 1. The van der Waals surface area contributed by atoms with Crippen LogP contribution in [-0.4, -0.2) is 63.7 Å². The van der Waals surface area contributed by atoms with Crippen LogP contribution in [0.2, 0.25) is 0 Å². The van der Waals surface area contributed by atoms with Crippen molar-refractivity contribution in [3.8, 4) is 5.88 Å². The van der Waals surface area contributed by atoms with E-state index in [0.29, 0.717) is 54.9 Å². The third-order valence-electron chi connectivity index (χ3n) is 7.86. The van der Waals surface area contributed by atoms with Crippen LogP contribution in [0, 0.1) is 0 Å². The highest BCUT2D eigenvalue weighted by atomic mass is 32.2. The van der Waals surface area contributed by atoms with E-state index in [4.69, 9.17) is 4.74 Å². The molecule has 1 saturated carbocycles. The first-order valence-corrected chi connectivity index (χ1v) is 15.7. The van der Waals surface area contributed by atoms with Crippen LogP contribution < -0.4 is 14.4 Å². The normalized spacial score (nSPS) is 16.6. The van der Waals surface area contributed by atoms with Crippen LogP contribution in [0.5, 0.6) is 5.88 Å². The standard InChI is InChI=1S/C31H37N5O4S/c1-3-32-29-26(23-9-5-4-6-10-23)11-7-13-28(29)41(38,39)34-25-16-14-24(15-17-25)31(37)36-21-19-35(20-22-36)27-12-8-18-33-30(27)40-2/h3,7-8,11-18,23,34H,4-6,9-10,19-22H2,1-2H3. The van der Waals surface area contributed by atoms with Gasteiger partial charge in [0.15, 0.2) is 0 Å². The van der Waals surface area contributed by atoms with Crippen LogP contribution >= 0.6 is 0 Å². The summed E-state index contributed by atoms with van der Waals surface area (Å²) in [5, 5.41) is 0. The van der Waals surface area contributed by atoms with Gasteiger partial charge in [-0.3, -0.25) is 14.5 Å². The molecule has 10 heteroatoms. The first kappa shape index (κ1) is 28.6. The molecule has 2 aromatic carbocycles. The maximum atomic E-state index is 13.5. The molecule has 2 heterocycles. The molecule has 0 atom stereocenters. The van der Waals surface area contributed by atoms with Crippen molar-refractivity contribution in [2.75, 3.05) is 42.9 Å². The molecule has 1 amide bonds. The minimum Gasteiger partial charge on any atom is -0.480 e. The first-order valence-electron chi connectivity index (χ1n) is 14.2. The number of hydrogen-bond acceptors (Lipinski definition) is 7. The number of carbonyl (C=O) groups excluding carboxylic acids is 1. The van der Waals surface area contributed by atoms with Crippen molar-refractivity contribution in [2.24, 2.45) is 4.99 Å². The third-order valence-corrected chi connectivity index (χ3v) is 9.27. The van der Waals surface area contributed by atoms with E-state index in [1.165, 1.54) is 6.42 Å². The summed E-state index contributed by atoms with van der Waals surface area (Å²) in [6, 6.07) is 15.9. The molecule has 0 spiro atoms. The van der Waals surface area contributed by atoms with E-state index in [2.05, 4.69) is 19.6 Å². The number of hydrogen-bond donors (Lipinski definition) is 1. The Hall–Kier alpha value is -3.92. The Labute approximate surface area is 242 Å². The van der Waals surface area contributed by atoms with E-state index < -0.39 is 10.0 Å². The van der Waals surface area contributed by atoms with Crippen LogP contribution in [0.15, 0.2) is 70.7 Å².